The number of nitrogens with one attached hydrogen (secondary N) is 2. The van der Waals surface area contributed by atoms with Crippen LogP contribution in [0.2, 0.25) is 0 Å². The molecule has 0 bridgehead atoms. The van der Waals surface area contributed by atoms with Crippen LogP contribution in [0.25, 0.3) is 6.08 Å². The summed E-state index contributed by atoms with van der Waals surface area (Å²) in [6, 6.07) is 8.59. The molecule has 2 unspecified atom stereocenters. The molecule has 37 heavy (non-hydrogen) atoms. The number of ketones is 1. The van der Waals surface area contributed by atoms with E-state index in [0.29, 0.717) is 13.0 Å². The van der Waals surface area contributed by atoms with Crippen LogP contribution in [0.3, 0.4) is 0 Å². The third kappa shape index (κ3) is 8.20. The molecule has 1 fully saturated rings. The Morgan fingerprint density at radius 3 is 2.30 bits per heavy atom. The Balaban J connectivity index is 2.69. The summed E-state index contributed by atoms with van der Waals surface area (Å²) < 4.78 is 5.59. The first kappa shape index (κ1) is 30.6. The minimum Gasteiger partial charge on any atom is -0.350 e. The predicted molar refractivity (Wildman–Crippen MR) is 143 cm³/mol. The van der Waals surface area contributed by atoms with Crippen LogP contribution in [0.15, 0.2) is 36.4 Å². The van der Waals surface area contributed by atoms with E-state index in [1.165, 1.54) is 0 Å². The Morgan fingerprint density at radius 1 is 1.11 bits per heavy atom. The number of nitrogens with two attached hydrogens (primary N) is 2. The average molecular weight is 517 g/mol. The number of hydrogen-bond donors (Lipinski definition) is 4. The van der Waals surface area contributed by atoms with Gasteiger partial charge >= 0.3 is 0 Å². The van der Waals surface area contributed by atoms with Gasteiger partial charge in [-0.1, -0.05) is 70.2 Å². The number of carbonyl (C=O) groups excluding carboxylic acids is 3. The zero-order valence-electron chi connectivity index (χ0n) is 22.7. The summed E-state index contributed by atoms with van der Waals surface area (Å²) in [7, 11) is 0. The van der Waals surface area contributed by atoms with Crippen LogP contribution in [0.1, 0.15) is 65.9 Å². The maximum Gasteiger partial charge on any atom is 0.248 e. The molecule has 1 aromatic carbocycles. The lowest BCUT2D eigenvalue weighted by molar-refractivity contribution is -0.205. The summed E-state index contributed by atoms with van der Waals surface area (Å²) in [6.45, 7) is 9.71. The molecule has 206 valence electrons. The second kappa shape index (κ2) is 14.4. The van der Waals surface area contributed by atoms with Gasteiger partial charge in [0.05, 0.1) is 23.3 Å². The summed E-state index contributed by atoms with van der Waals surface area (Å²) in [6.07, 6.45) is 5.71. The van der Waals surface area contributed by atoms with Crippen molar-refractivity contribution >= 4 is 23.7 Å². The van der Waals surface area contributed by atoms with Gasteiger partial charge in [0.15, 0.2) is 12.1 Å². The maximum atomic E-state index is 14.0. The average Bonchev–Trinajstić information content (AvgIpc) is 2.88. The zero-order valence-corrected chi connectivity index (χ0v) is 22.7. The van der Waals surface area contributed by atoms with Gasteiger partial charge in [0.2, 0.25) is 11.8 Å². The molecular formula is C28H44N4O5. The lowest BCUT2D eigenvalue weighted by Crippen LogP contribution is -2.57. The number of rotatable bonds is 13. The number of hydroxylamine groups is 1. The molecule has 0 aliphatic carbocycles. The molecular weight excluding hydrogens is 472 g/mol. The highest BCUT2D eigenvalue weighted by Gasteiger charge is 2.54. The second-order valence-corrected chi connectivity index (χ2v) is 10.7. The number of benzene rings is 1. The Morgan fingerprint density at radius 2 is 1.78 bits per heavy atom. The van der Waals surface area contributed by atoms with E-state index in [-0.39, 0.29) is 24.0 Å². The summed E-state index contributed by atoms with van der Waals surface area (Å²) in [5, 5.41) is 0. The number of amides is 2. The van der Waals surface area contributed by atoms with Crippen molar-refractivity contribution in [2.45, 2.75) is 72.6 Å². The van der Waals surface area contributed by atoms with E-state index in [4.69, 9.17) is 21.2 Å². The fourth-order valence-electron chi connectivity index (χ4n) is 5.19. The van der Waals surface area contributed by atoms with E-state index in [1.807, 2.05) is 64.1 Å². The number of Topliss-reactive ketones (excluding diaryl/α,β-unsaturated/α-hetero) is 1. The fourth-order valence-corrected chi connectivity index (χ4v) is 5.19. The van der Waals surface area contributed by atoms with E-state index in [2.05, 4.69) is 10.9 Å². The van der Waals surface area contributed by atoms with E-state index < -0.39 is 41.4 Å². The molecule has 2 amide bonds. The van der Waals surface area contributed by atoms with Gasteiger partial charge < -0.3 is 10.5 Å². The van der Waals surface area contributed by atoms with E-state index in [1.54, 1.807) is 13.0 Å². The quantitative estimate of drug-likeness (QED) is 0.179. The summed E-state index contributed by atoms with van der Waals surface area (Å²) in [4.78, 5) is 46.8. The number of hydrazine groups is 1. The molecule has 5 atom stereocenters. The van der Waals surface area contributed by atoms with E-state index >= 15 is 0 Å². The zero-order chi connectivity index (χ0) is 27.6. The van der Waals surface area contributed by atoms with Gasteiger partial charge in [0.25, 0.3) is 0 Å². The van der Waals surface area contributed by atoms with Gasteiger partial charge in [0, 0.05) is 13.0 Å². The Hall–Kier alpha value is -2.59. The molecule has 1 heterocycles. The summed E-state index contributed by atoms with van der Waals surface area (Å²) in [5.41, 5.74) is 10.4. The highest BCUT2D eigenvalue weighted by atomic mass is 16.8. The monoisotopic (exact) mass is 516 g/mol. The standard InChI is InChI=1S/C28H44N4O5/c1-18(2)17-28(25(33)20(5)29,15-14-21-11-7-6-8-12-21)24(23(19(3)4)26(34)31-30)27(35)32-37-22-13-9-10-16-36-22/h6-8,11-12,14-15,18-20,22-24H,9-10,13,16-17,29-30H2,1-5H3,(H,31,34)(H,32,35)/b15-14+/t20-,22?,23-,24-,28?/m1/s1. The third-order valence-electron chi connectivity index (χ3n) is 6.78. The van der Waals surface area contributed by atoms with Crippen LogP contribution >= 0.6 is 0 Å². The van der Waals surface area contributed by atoms with E-state index in [0.717, 1.165) is 18.4 Å². The van der Waals surface area contributed by atoms with E-state index in [9.17, 15) is 14.4 Å². The molecule has 6 N–H and O–H groups in total. The first-order valence-corrected chi connectivity index (χ1v) is 13.1. The van der Waals surface area contributed by atoms with Crippen LogP contribution in [-0.2, 0) is 24.0 Å². The molecule has 0 spiro atoms. The van der Waals surface area contributed by atoms with Crippen LogP contribution < -0.4 is 22.5 Å². The smallest absolute Gasteiger partial charge is 0.248 e. The predicted octanol–water partition coefficient (Wildman–Crippen LogP) is 3.10. The van der Waals surface area contributed by atoms with Crippen molar-refractivity contribution in [3.63, 3.8) is 0 Å². The minimum atomic E-state index is -1.42. The Bertz CT molecular complexity index is 912. The minimum absolute atomic E-state index is 0.00484. The van der Waals surface area contributed by atoms with Gasteiger partial charge in [-0.2, -0.15) is 0 Å². The highest BCUT2D eigenvalue weighted by Crippen LogP contribution is 2.45. The fraction of sp³-hybridized carbons (Fsp3) is 0.607. The molecule has 1 aliphatic heterocycles. The molecule has 9 heteroatoms. The lowest BCUT2D eigenvalue weighted by atomic mass is 9.59. The lowest BCUT2D eigenvalue weighted by Gasteiger charge is -2.43. The molecule has 1 aromatic rings. The van der Waals surface area contributed by atoms with Crippen LogP contribution in [-0.4, -0.2) is 36.5 Å². The largest absolute Gasteiger partial charge is 0.350 e. The first-order chi connectivity index (χ1) is 17.5. The van der Waals surface area contributed by atoms with Gasteiger partial charge in [-0.25, -0.2) is 16.2 Å². The van der Waals surface area contributed by atoms with Crippen molar-refractivity contribution in [3.8, 4) is 0 Å². The van der Waals surface area contributed by atoms with Crippen molar-refractivity contribution < 1.29 is 24.0 Å². The number of ether oxygens (including phenoxy) is 1. The normalized spacial score (nSPS) is 20.3. The molecule has 0 radical (unpaired) electrons. The number of carbonyl (C=O) groups is 3. The molecule has 9 nitrogen and oxygen atoms in total. The topological polar surface area (TPSA) is 146 Å². The summed E-state index contributed by atoms with van der Waals surface area (Å²) in [5.74, 6) is 1.68. The molecule has 2 rings (SSSR count). The van der Waals surface area contributed by atoms with Crippen LogP contribution in [0, 0.1) is 29.1 Å². The SMILES string of the molecule is CC(C)CC(/C=C/c1ccccc1)(C(=O)[C@@H](C)N)[C@@H](C(=O)NOC1CCCCO1)[C@H](C(=O)NN)C(C)C. The Labute approximate surface area is 220 Å². The van der Waals surface area contributed by atoms with Crippen molar-refractivity contribution in [1.82, 2.24) is 10.9 Å². The molecule has 1 saturated heterocycles. The summed E-state index contributed by atoms with van der Waals surface area (Å²) >= 11 is 0. The van der Waals surface area contributed by atoms with Crippen molar-refractivity contribution in [2.75, 3.05) is 6.61 Å². The van der Waals surface area contributed by atoms with Crippen LogP contribution in [0.5, 0.6) is 0 Å². The molecule has 0 saturated carbocycles. The highest BCUT2D eigenvalue weighted by molar-refractivity contribution is 5.99. The third-order valence-corrected chi connectivity index (χ3v) is 6.78. The maximum absolute atomic E-state index is 14.0. The number of hydrogen-bond acceptors (Lipinski definition) is 7. The molecule has 0 aromatic heterocycles. The van der Waals surface area contributed by atoms with Crippen LogP contribution in [0.4, 0.5) is 0 Å². The number of allylic oxidation sites excluding steroid dienone is 1. The Kier molecular flexibility index (Phi) is 11.9. The molecule has 1 aliphatic rings. The van der Waals surface area contributed by atoms with Gasteiger partial charge in [-0.05, 0) is 43.6 Å². The first-order valence-electron chi connectivity index (χ1n) is 13.1. The van der Waals surface area contributed by atoms with Gasteiger partial charge in [-0.3, -0.25) is 19.8 Å². The van der Waals surface area contributed by atoms with Crippen molar-refractivity contribution in [2.24, 2.45) is 40.7 Å². The van der Waals surface area contributed by atoms with Crippen molar-refractivity contribution in [3.05, 3.63) is 42.0 Å². The van der Waals surface area contributed by atoms with Crippen molar-refractivity contribution in [1.29, 1.82) is 0 Å². The second-order valence-electron chi connectivity index (χ2n) is 10.7. The van der Waals surface area contributed by atoms with Gasteiger partial charge in [0.1, 0.15) is 0 Å². The van der Waals surface area contributed by atoms with Gasteiger partial charge in [-0.15, -0.1) is 0 Å².